The predicted molar refractivity (Wildman–Crippen MR) is 109 cm³/mol. The fourth-order valence-corrected chi connectivity index (χ4v) is 4.07. The smallest absolute Gasteiger partial charge is 0.260 e. The van der Waals surface area contributed by atoms with Crippen molar-refractivity contribution in [1.29, 1.82) is 0 Å². The number of pyridine rings is 1. The maximum atomic E-state index is 12.8. The molecular weight excluding hydrogens is 322 g/mol. The quantitative estimate of drug-likeness (QED) is 0.617. The summed E-state index contributed by atoms with van der Waals surface area (Å²) in [5.41, 5.74) is 2.06. The van der Waals surface area contributed by atoms with Crippen LogP contribution in [0.4, 0.5) is 5.69 Å². The zero-order valence-electron chi connectivity index (χ0n) is 15.6. The monoisotopic (exact) mass is 349 g/mol. The Balaban J connectivity index is 1.61. The second-order valence-electron chi connectivity index (χ2n) is 7.25. The highest BCUT2D eigenvalue weighted by molar-refractivity contribution is 6.13. The topological polar surface area (TPSA) is 46.4 Å². The summed E-state index contributed by atoms with van der Waals surface area (Å²) in [6.45, 7) is 4.63. The van der Waals surface area contributed by atoms with Crippen LogP contribution in [-0.4, -0.2) is 17.7 Å². The van der Waals surface area contributed by atoms with E-state index in [9.17, 15) is 4.79 Å². The van der Waals surface area contributed by atoms with Gasteiger partial charge in [0.25, 0.3) is 5.56 Å². The molecule has 0 unspecified atom stereocenters. The number of fused-ring (bicyclic) bond motifs is 2. The van der Waals surface area contributed by atoms with Gasteiger partial charge in [-0.05, 0) is 24.6 Å². The molecule has 2 heterocycles. The van der Waals surface area contributed by atoms with Gasteiger partial charge in [0.05, 0.1) is 6.54 Å². The van der Waals surface area contributed by atoms with E-state index >= 15 is 0 Å². The van der Waals surface area contributed by atoms with E-state index in [0.29, 0.717) is 13.1 Å². The molecule has 4 nitrogen and oxygen atoms in total. The van der Waals surface area contributed by atoms with Gasteiger partial charge in [-0.2, -0.15) is 0 Å². The lowest BCUT2D eigenvalue weighted by Crippen LogP contribution is -2.30. The molecule has 0 bridgehead atoms. The standard InChI is InChI=1S/C22H27N3O/c1-2-3-4-5-6-7-13-23-19-12-11-17-20-16(19)9-8-10-18(20)22(26)25-15-14-24-21(17)25/h8-12,23H,2-7,13-15H2,1H3. The fourth-order valence-electron chi connectivity index (χ4n) is 4.07. The molecule has 0 atom stereocenters. The van der Waals surface area contributed by atoms with Gasteiger partial charge in [-0.15, -0.1) is 0 Å². The summed E-state index contributed by atoms with van der Waals surface area (Å²) in [4.78, 5) is 17.4. The lowest BCUT2D eigenvalue weighted by molar-refractivity contribution is 0.617. The van der Waals surface area contributed by atoms with Crippen molar-refractivity contribution in [2.75, 3.05) is 18.4 Å². The average molecular weight is 349 g/mol. The molecule has 0 aliphatic carbocycles. The van der Waals surface area contributed by atoms with Gasteiger partial charge >= 0.3 is 0 Å². The van der Waals surface area contributed by atoms with Crippen LogP contribution in [-0.2, 0) is 6.54 Å². The molecule has 136 valence electrons. The van der Waals surface area contributed by atoms with Gasteiger partial charge in [0.2, 0.25) is 0 Å². The molecule has 0 amide bonds. The van der Waals surface area contributed by atoms with E-state index in [1.165, 1.54) is 38.5 Å². The molecule has 2 aromatic carbocycles. The number of benzene rings is 2. The van der Waals surface area contributed by atoms with E-state index < -0.39 is 0 Å². The SMILES string of the molecule is CCCCCCCCNc1ccc2c3n(c(=O)c4cccc1c42)CCN=3. The Kier molecular flexibility index (Phi) is 4.91. The van der Waals surface area contributed by atoms with E-state index in [1.807, 2.05) is 16.7 Å². The highest BCUT2D eigenvalue weighted by atomic mass is 16.1. The van der Waals surface area contributed by atoms with Crippen molar-refractivity contribution in [1.82, 2.24) is 4.57 Å². The first-order valence-corrected chi connectivity index (χ1v) is 9.97. The average Bonchev–Trinajstić information content (AvgIpc) is 3.16. The molecule has 0 saturated heterocycles. The molecule has 1 aliphatic rings. The minimum atomic E-state index is 0.0902. The molecular formula is C22H27N3O. The number of rotatable bonds is 8. The van der Waals surface area contributed by atoms with E-state index in [0.717, 1.165) is 39.3 Å². The van der Waals surface area contributed by atoms with Crippen molar-refractivity contribution >= 4 is 27.2 Å². The first-order valence-electron chi connectivity index (χ1n) is 9.97. The Labute approximate surface area is 153 Å². The van der Waals surface area contributed by atoms with Crippen LogP contribution in [0.3, 0.4) is 0 Å². The van der Waals surface area contributed by atoms with Crippen LogP contribution in [0, 0.1) is 0 Å². The van der Waals surface area contributed by atoms with E-state index in [2.05, 4.69) is 35.4 Å². The summed E-state index contributed by atoms with van der Waals surface area (Å²) in [6.07, 6.45) is 7.77. The Morgan fingerprint density at radius 3 is 2.69 bits per heavy atom. The largest absolute Gasteiger partial charge is 0.385 e. The molecule has 4 rings (SSSR count). The number of hydrogen-bond acceptors (Lipinski definition) is 3. The lowest BCUT2D eigenvalue weighted by atomic mass is 10.0. The third kappa shape index (κ3) is 2.98. The van der Waals surface area contributed by atoms with Gasteiger partial charge < -0.3 is 5.32 Å². The van der Waals surface area contributed by atoms with Crippen molar-refractivity contribution < 1.29 is 0 Å². The molecule has 0 saturated carbocycles. The number of anilines is 1. The van der Waals surface area contributed by atoms with Crippen molar-refractivity contribution in [3.05, 3.63) is 46.2 Å². The van der Waals surface area contributed by atoms with Crippen LogP contribution in [0.15, 0.2) is 40.1 Å². The zero-order chi connectivity index (χ0) is 17.9. The molecule has 1 aromatic heterocycles. The van der Waals surface area contributed by atoms with Gasteiger partial charge in [-0.1, -0.05) is 51.2 Å². The highest BCUT2D eigenvalue weighted by Gasteiger charge is 2.16. The first kappa shape index (κ1) is 17.1. The molecule has 0 spiro atoms. The Hall–Kier alpha value is -2.36. The number of unbranched alkanes of at least 4 members (excludes halogenated alkanes) is 5. The van der Waals surface area contributed by atoms with Gasteiger partial charge in [0.15, 0.2) is 0 Å². The molecule has 3 aromatic rings. The number of nitrogens with zero attached hydrogens (tertiary/aromatic N) is 2. The zero-order valence-corrected chi connectivity index (χ0v) is 15.6. The second-order valence-corrected chi connectivity index (χ2v) is 7.25. The Morgan fingerprint density at radius 2 is 1.81 bits per heavy atom. The summed E-state index contributed by atoms with van der Waals surface area (Å²) in [6, 6.07) is 10.3. The first-order chi connectivity index (χ1) is 12.8. The van der Waals surface area contributed by atoms with Crippen molar-refractivity contribution in [2.45, 2.75) is 52.0 Å². The van der Waals surface area contributed by atoms with Gasteiger partial charge in [-0.25, -0.2) is 0 Å². The third-order valence-electron chi connectivity index (χ3n) is 5.44. The number of nitrogens with one attached hydrogen (secondary N) is 1. The third-order valence-corrected chi connectivity index (χ3v) is 5.44. The Morgan fingerprint density at radius 1 is 1.00 bits per heavy atom. The maximum Gasteiger partial charge on any atom is 0.260 e. The van der Waals surface area contributed by atoms with Crippen LogP contribution in [0.2, 0.25) is 0 Å². The maximum absolute atomic E-state index is 12.8. The summed E-state index contributed by atoms with van der Waals surface area (Å²) in [5, 5.41) is 7.68. The van der Waals surface area contributed by atoms with Gasteiger partial charge in [-0.3, -0.25) is 14.4 Å². The normalized spacial score (nSPS) is 13.3. The highest BCUT2D eigenvalue weighted by Crippen LogP contribution is 2.29. The number of hydrogen-bond donors (Lipinski definition) is 1. The Bertz CT molecular complexity index is 1040. The van der Waals surface area contributed by atoms with Crippen LogP contribution < -0.4 is 16.4 Å². The van der Waals surface area contributed by atoms with Gasteiger partial charge in [0, 0.05) is 40.3 Å². The van der Waals surface area contributed by atoms with E-state index in [-0.39, 0.29) is 5.56 Å². The predicted octanol–water partition coefficient (Wildman–Crippen LogP) is 4.28. The minimum Gasteiger partial charge on any atom is -0.385 e. The second kappa shape index (κ2) is 7.48. The fraction of sp³-hybridized carbons (Fsp3) is 0.455. The lowest BCUT2D eigenvalue weighted by Gasteiger charge is -2.13. The van der Waals surface area contributed by atoms with Crippen molar-refractivity contribution in [2.24, 2.45) is 4.99 Å². The summed E-state index contributed by atoms with van der Waals surface area (Å²) in [7, 11) is 0. The van der Waals surface area contributed by atoms with Crippen LogP contribution in [0.25, 0.3) is 21.5 Å². The minimum absolute atomic E-state index is 0.0902. The number of aromatic nitrogens is 1. The molecule has 1 N–H and O–H groups in total. The van der Waals surface area contributed by atoms with Gasteiger partial charge in [0.1, 0.15) is 5.49 Å². The van der Waals surface area contributed by atoms with E-state index in [4.69, 9.17) is 0 Å². The van der Waals surface area contributed by atoms with Crippen LogP contribution in [0.5, 0.6) is 0 Å². The van der Waals surface area contributed by atoms with Crippen molar-refractivity contribution in [3.63, 3.8) is 0 Å². The molecule has 0 fully saturated rings. The molecule has 1 aliphatic heterocycles. The van der Waals surface area contributed by atoms with Crippen LogP contribution >= 0.6 is 0 Å². The van der Waals surface area contributed by atoms with Crippen LogP contribution in [0.1, 0.15) is 45.4 Å². The molecule has 26 heavy (non-hydrogen) atoms. The van der Waals surface area contributed by atoms with Crippen molar-refractivity contribution in [3.8, 4) is 0 Å². The summed E-state index contributed by atoms with van der Waals surface area (Å²) < 4.78 is 1.82. The molecule has 4 heteroatoms. The summed E-state index contributed by atoms with van der Waals surface area (Å²) >= 11 is 0. The summed E-state index contributed by atoms with van der Waals surface area (Å²) in [5.74, 6) is 0. The van der Waals surface area contributed by atoms with E-state index in [1.54, 1.807) is 0 Å². The molecule has 0 radical (unpaired) electrons.